The van der Waals surface area contributed by atoms with Gasteiger partial charge in [-0.05, 0) is 31.2 Å². The third kappa shape index (κ3) is 4.87. The van der Waals surface area contributed by atoms with Gasteiger partial charge in [0.25, 0.3) is 0 Å². The first-order valence-corrected chi connectivity index (χ1v) is 5.41. The number of amides is 1. The first-order chi connectivity index (χ1) is 7.97. The number of hydrogen-bond donors (Lipinski definition) is 1. The van der Waals surface area contributed by atoms with Crippen LogP contribution in [0.25, 0.3) is 0 Å². The SMILES string of the molecule is C=CC(OC)=C(C)[C@@H](O)CCC(=O)N(C)C=C. The molecule has 0 fully saturated rings. The van der Waals surface area contributed by atoms with Crippen molar-refractivity contribution in [2.75, 3.05) is 14.2 Å². The van der Waals surface area contributed by atoms with Crippen molar-refractivity contribution in [2.45, 2.75) is 25.9 Å². The van der Waals surface area contributed by atoms with Crippen LogP contribution in [0, 0.1) is 0 Å². The van der Waals surface area contributed by atoms with E-state index in [2.05, 4.69) is 13.2 Å². The normalized spacial score (nSPS) is 13.4. The molecule has 0 aliphatic heterocycles. The number of nitrogens with zero attached hydrogens (tertiary/aromatic N) is 1. The highest BCUT2D eigenvalue weighted by Crippen LogP contribution is 2.15. The summed E-state index contributed by atoms with van der Waals surface area (Å²) in [4.78, 5) is 12.9. The Morgan fingerprint density at radius 1 is 1.53 bits per heavy atom. The molecule has 0 aliphatic carbocycles. The van der Waals surface area contributed by atoms with E-state index in [9.17, 15) is 9.90 Å². The molecule has 0 saturated heterocycles. The van der Waals surface area contributed by atoms with Gasteiger partial charge in [-0.15, -0.1) is 0 Å². The summed E-state index contributed by atoms with van der Waals surface area (Å²) in [6.45, 7) is 8.85. The van der Waals surface area contributed by atoms with Gasteiger partial charge in [0.2, 0.25) is 5.91 Å². The van der Waals surface area contributed by atoms with Crippen molar-refractivity contribution in [3.8, 4) is 0 Å². The second kappa shape index (κ2) is 7.68. The van der Waals surface area contributed by atoms with Gasteiger partial charge in [-0.1, -0.05) is 13.2 Å². The topological polar surface area (TPSA) is 49.8 Å². The summed E-state index contributed by atoms with van der Waals surface area (Å²) in [7, 11) is 3.15. The Kier molecular flexibility index (Phi) is 6.98. The van der Waals surface area contributed by atoms with Crippen molar-refractivity contribution in [2.24, 2.45) is 0 Å². The molecule has 17 heavy (non-hydrogen) atoms. The summed E-state index contributed by atoms with van der Waals surface area (Å²) < 4.78 is 5.05. The maximum absolute atomic E-state index is 11.5. The molecule has 0 aromatic rings. The molecule has 0 unspecified atom stereocenters. The van der Waals surface area contributed by atoms with Gasteiger partial charge in [-0.2, -0.15) is 0 Å². The fourth-order valence-corrected chi connectivity index (χ4v) is 1.32. The highest BCUT2D eigenvalue weighted by molar-refractivity contribution is 5.76. The molecule has 0 rings (SSSR count). The number of rotatable bonds is 7. The summed E-state index contributed by atoms with van der Waals surface area (Å²) >= 11 is 0. The number of aliphatic hydroxyl groups excluding tert-OH is 1. The molecular weight excluding hydrogens is 218 g/mol. The zero-order valence-electron chi connectivity index (χ0n) is 10.8. The number of allylic oxidation sites excluding steroid dienone is 1. The van der Waals surface area contributed by atoms with Crippen LogP contribution in [0.1, 0.15) is 19.8 Å². The lowest BCUT2D eigenvalue weighted by molar-refractivity contribution is -0.128. The van der Waals surface area contributed by atoms with Crippen LogP contribution in [0.15, 0.2) is 36.8 Å². The Hall–Kier alpha value is -1.55. The lowest BCUT2D eigenvalue weighted by Crippen LogP contribution is -2.22. The lowest BCUT2D eigenvalue weighted by Gasteiger charge is -2.16. The van der Waals surface area contributed by atoms with E-state index in [1.807, 2.05) is 0 Å². The smallest absolute Gasteiger partial charge is 0.226 e. The molecule has 96 valence electrons. The number of methoxy groups -OCH3 is 1. The van der Waals surface area contributed by atoms with Gasteiger partial charge < -0.3 is 14.7 Å². The van der Waals surface area contributed by atoms with Crippen LogP contribution in [-0.2, 0) is 9.53 Å². The van der Waals surface area contributed by atoms with E-state index in [0.29, 0.717) is 17.8 Å². The van der Waals surface area contributed by atoms with Crippen LogP contribution >= 0.6 is 0 Å². The van der Waals surface area contributed by atoms with Gasteiger partial charge in [0.15, 0.2) is 0 Å². The van der Waals surface area contributed by atoms with E-state index in [0.717, 1.165) is 0 Å². The first kappa shape index (κ1) is 15.4. The van der Waals surface area contributed by atoms with E-state index < -0.39 is 6.10 Å². The third-order valence-corrected chi connectivity index (χ3v) is 2.59. The Balaban J connectivity index is 4.41. The molecule has 0 radical (unpaired) electrons. The Bertz CT molecular complexity index is 321. The van der Waals surface area contributed by atoms with Crippen molar-refractivity contribution in [3.63, 3.8) is 0 Å². The molecule has 0 spiro atoms. The van der Waals surface area contributed by atoms with Crippen molar-refractivity contribution in [3.05, 3.63) is 36.8 Å². The molecule has 1 amide bonds. The van der Waals surface area contributed by atoms with Crippen LogP contribution in [0.4, 0.5) is 0 Å². The number of ether oxygens (including phenoxy) is 1. The highest BCUT2D eigenvalue weighted by Gasteiger charge is 2.14. The summed E-state index contributed by atoms with van der Waals surface area (Å²) in [5, 5.41) is 9.87. The lowest BCUT2D eigenvalue weighted by atomic mass is 10.0. The Morgan fingerprint density at radius 3 is 2.53 bits per heavy atom. The minimum Gasteiger partial charge on any atom is -0.497 e. The molecule has 0 bridgehead atoms. The predicted octanol–water partition coefficient (Wildman–Crippen LogP) is 1.84. The maximum atomic E-state index is 11.5. The van der Waals surface area contributed by atoms with Gasteiger partial charge in [0, 0.05) is 13.5 Å². The van der Waals surface area contributed by atoms with E-state index in [1.165, 1.54) is 24.3 Å². The monoisotopic (exact) mass is 239 g/mol. The average Bonchev–Trinajstić information content (AvgIpc) is 2.35. The summed E-state index contributed by atoms with van der Waals surface area (Å²) in [6.07, 6.45) is 2.89. The molecule has 1 atom stereocenters. The predicted molar refractivity (Wildman–Crippen MR) is 68.1 cm³/mol. The van der Waals surface area contributed by atoms with Crippen molar-refractivity contribution in [1.29, 1.82) is 0 Å². The molecule has 4 nitrogen and oxygen atoms in total. The van der Waals surface area contributed by atoms with Crippen molar-refractivity contribution in [1.82, 2.24) is 4.90 Å². The van der Waals surface area contributed by atoms with Crippen LogP contribution in [0.5, 0.6) is 0 Å². The molecular formula is C13H21NO3. The van der Waals surface area contributed by atoms with E-state index in [-0.39, 0.29) is 12.3 Å². The standard InChI is InChI=1S/C13H21NO3/c1-6-12(17-5)10(3)11(15)8-9-13(16)14(4)7-2/h6-7,11,15H,1-2,8-9H2,3-5H3/t11-/m0/s1. The fraction of sp³-hybridized carbons (Fsp3) is 0.462. The molecule has 1 N–H and O–H groups in total. The number of hydrogen-bond acceptors (Lipinski definition) is 3. The zero-order valence-corrected chi connectivity index (χ0v) is 10.8. The fourth-order valence-electron chi connectivity index (χ4n) is 1.32. The second-order valence-electron chi connectivity index (χ2n) is 3.70. The average molecular weight is 239 g/mol. The summed E-state index contributed by atoms with van der Waals surface area (Å²) in [5.74, 6) is 0.464. The van der Waals surface area contributed by atoms with E-state index in [4.69, 9.17) is 4.74 Å². The highest BCUT2D eigenvalue weighted by atomic mass is 16.5. The van der Waals surface area contributed by atoms with Gasteiger partial charge >= 0.3 is 0 Å². The number of carbonyl (C=O) groups is 1. The first-order valence-electron chi connectivity index (χ1n) is 5.41. The minimum atomic E-state index is -0.704. The number of aliphatic hydroxyl groups is 1. The van der Waals surface area contributed by atoms with Gasteiger partial charge in [-0.3, -0.25) is 4.79 Å². The van der Waals surface area contributed by atoms with Gasteiger partial charge in [0.1, 0.15) is 5.76 Å². The summed E-state index contributed by atoms with van der Waals surface area (Å²) in [5.41, 5.74) is 0.677. The van der Waals surface area contributed by atoms with Crippen LogP contribution in [-0.4, -0.2) is 36.2 Å². The van der Waals surface area contributed by atoms with Crippen LogP contribution in [0.2, 0.25) is 0 Å². The molecule has 0 aliphatic rings. The molecule has 4 heteroatoms. The third-order valence-electron chi connectivity index (χ3n) is 2.59. The Morgan fingerprint density at radius 2 is 2.12 bits per heavy atom. The molecule has 0 aromatic carbocycles. The largest absolute Gasteiger partial charge is 0.497 e. The zero-order chi connectivity index (χ0) is 13.4. The number of carbonyl (C=O) groups excluding carboxylic acids is 1. The maximum Gasteiger partial charge on any atom is 0.226 e. The van der Waals surface area contributed by atoms with Crippen LogP contribution < -0.4 is 0 Å². The van der Waals surface area contributed by atoms with Gasteiger partial charge in [0.05, 0.1) is 13.2 Å². The minimum absolute atomic E-state index is 0.0792. The van der Waals surface area contributed by atoms with Crippen molar-refractivity contribution >= 4 is 5.91 Å². The second-order valence-corrected chi connectivity index (χ2v) is 3.70. The molecule has 0 saturated carbocycles. The molecule has 0 heterocycles. The van der Waals surface area contributed by atoms with E-state index in [1.54, 1.807) is 14.0 Å². The van der Waals surface area contributed by atoms with E-state index >= 15 is 0 Å². The Labute approximate surface area is 103 Å². The van der Waals surface area contributed by atoms with Crippen LogP contribution in [0.3, 0.4) is 0 Å². The quantitative estimate of drug-likeness (QED) is 0.544. The van der Waals surface area contributed by atoms with Crippen molar-refractivity contribution < 1.29 is 14.6 Å². The van der Waals surface area contributed by atoms with Gasteiger partial charge in [-0.25, -0.2) is 0 Å². The molecule has 0 aromatic heterocycles. The summed E-state index contributed by atoms with van der Waals surface area (Å²) in [6, 6.07) is 0.